The van der Waals surface area contributed by atoms with Crippen molar-refractivity contribution in [1.82, 2.24) is 0 Å². The first-order valence-electron chi connectivity index (χ1n) is 7.56. The zero-order valence-corrected chi connectivity index (χ0v) is 13.7. The third-order valence-corrected chi connectivity index (χ3v) is 4.75. The molecule has 0 aliphatic carbocycles. The molecule has 1 aliphatic rings. The van der Waals surface area contributed by atoms with E-state index >= 15 is 0 Å². The fraction of sp³-hybridized carbons (Fsp3) is 0.333. The minimum atomic E-state index is 0.635. The van der Waals surface area contributed by atoms with Gasteiger partial charge in [-0.2, -0.15) is 0 Å². The van der Waals surface area contributed by atoms with Crippen LogP contribution in [0.25, 0.3) is 0 Å². The fourth-order valence-electron chi connectivity index (χ4n) is 3.17. The Hall–Kier alpha value is -1.32. The van der Waals surface area contributed by atoms with Gasteiger partial charge in [0.1, 0.15) is 0 Å². The van der Waals surface area contributed by atoms with Gasteiger partial charge in [0.2, 0.25) is 0 Å². The van der Waals surface area contributed by atoms with Crippen molar-refractivity contribution in [2.45, 2.75) is 18.8 Å². The van der Waals surface area contributed by atoms with Crippen LogP contribution in [0, 0.1) is 0 Å². The van der Waals surface area contributed by atoms with Crippen LogP contribution in [0.5, 0.6) is 0 Å². The number of rotatable bonds is 4. The molecule has 2 aromatic rings. The van der Waals surface area contributed by atoms with E-state index in [4.69, 9.17) is 5.73 Å². The fourth-order valence-corrected chi connectivity index (χ4v) is 3.52. The lowest BCUT2D eigenvalue weighted by Crippen LogP contribution is -2.21. The number of halogens is 1. The Morgan fingerprint density at radius 1 is 1.14 bits per heavy atom. The summed E-state index contributed by atoms with van der Waals surface area (Å²) in [5.74, 6) is 0.635. The quantitative estimate of drug-likeness (QED) is 0.909. The van der Waals surface area contributed by atoms with E-state index in [9.17, 15) is 0 Å². The summed E-state index contributed by atoms with van der Waals surface area (Å²) in [5, 5.41) is 0. The molecule has 2 aromatic carbocycles. The number of nitrogens with two attached hydrogens (primary N) is 1. The zero-order chi connectivity index (χ0) is 14.7. The van der Waals surface area contributed by atoms with Crippen LogP contribution in [0.4, 0.5) is 5.69 Å². The molecule has 1 aliphatic heterocycles. The van der Waals surface area contributed by atoms with Crippen molar-refractivity contribution in [3.63, 3.8) is 0 Å². The molecule has 2 N–H and O–H groups in total. The average molecular weight is 345 g/mol. The minimum Gasteiger partial charge on any atom is -0.371 e. The SMILES string of the molecule is NCCc1ccc(Br)cc1N1CCC(c2ccccc2)C1. The van der Waals surface area contributed by atoms with Gasteiger partial charge in [0.25, 0.3) is 0 Å². The van der Waals surface area contributed by atoms with Crippen LogP contribution in [0.15, 0.2) is 53.0 Å². The predicted molar refractivity (Wildman–Crippen MR) is 92.9 cm³/mol. The van der Waals surface area contributed by atoms with E-state index in [1.165, 1.54) is 23.2 Å². The van der Waals surface area contributed by atoms with Gasteiger partial charge < -0.3 is 10.6 Å². The van der Waals surface area contributed by atoms with Gasteiger partial charge in [-0.1, -0.05) is 52.3 Å². The maximum absolute atomic E-state index is 5.75. The third-order valence-electron chi connectivity index (χ3n) is 4.26. The first kappa shape index (κ1) is 14.6. The highest BCUT2D eigenvalue weighted by molar-refractivity contribution is 9.10. The second kappa shape index (κ2) is 6.63. The van der Waals surface area contributed by atoms with Gasteiger partial charge >= 0.3 is 0 Å². The van der Waals surface area contributed by atoms with Crippen molar-refractivity contribution in [2.24, 2.45) is 5.73 Å². The maximum Gasteiger partial charge on any atom is 0.0410 e. The Bertz CT molecular complexity index is 597. The molecule has 1 atom stereocenters. The van der Waals surface area contributed by atoms with Gasteiger partial charge in [-0.15, -0.1) is 0 Å². The Labute approximate surface area is 135 Å². The number of hydrogen-bond acceptors (Lipinski definition) is 2. The molecule has 3 rings (SSSR count). The van der Waals surface area contributed by atoms with Gasteiger partial charge in [0.05, 0.1) is 0 Å². The first-order valence-corrected chi connectivity index (χ1v) is 8.35. The molecule has 0 amide bonds. The van der Waals surface area contributed by atoms with E-state index in [1.807, 2.05) is 0 Å². The van der Waals surface area contributed by atoms with Crippen LogP contribution >= 0.6 is 15.9 Å². The van der Waals surface area contributed by atoms with Crippen molar-refractivity contribution >= 4 is 21.6 Å². The van der Waals surface area contributed by atoms with Crippen molar-refractivity contribution in [2.75, 3.05) is 24.5 Å². The molecule has 110 valence electrons. The maximum atomic E-state index is 5.75. The molecule has 2 nitrogen and oxygen atoms in total. The molecular formula is C18H21BrN2. The largest absolute Gasteiger partial charge is 0.371 e. The van der Waals surface area contributed by atoms with Gasteiger partial charge in [-0.3, -0.25) is 0 Å². The van der Waals surface area contributed by atoms with Crippen molar-refractivity contribution in [1.29, 1.82) is 0 Å². The average Bonchev–Trinajstić information content (AvgIpc) is 3.00. The van der Waals surface area contributed by atoms with E-state index in [-0.39, 0.29) is 0 Å². The summed E-state index contributed by atoms with van der Waals surface area (Å²) in [7, 11) is 0. The Balaban J connectivity index is 1.81. The lowest BCUT2D eigenvalue weighted by molar-refractivity contribution is 0.774. The van der Waals surface area contributed by atoms with Crippen LogP contribution in [-0.4, -0.2) is 19.6 Å². The van der Waals surface area contributed by atoms with Crippen LogP contribution in [0.3, 0.4) is 0 Å². The number of nitrogens with zero attached hydrogens (tertiary/aromatic N) is 1. The minimum absolute atomic E-state index is 0.635. The lowest BCUT2D eigenvalue weighted by atomic mass is 9.99. The highest BCUT2D eigenvalue weighted by Crippen LogP contribution is 2.34. The molecule has 0 bridgehead atoms. The molecule has 1 saturated heterocycles. The van der Waals surface area contributed by atoms with Gasteiger partial charge in [0, 0.05) is 29.2 Å². The van der Waals surface area contributed by atoms with Gasteiger partial charge in [0.15, 0.2) is 0 Å². The first-order chi connectivity index (χ1) is 10.3. The predicted octanol–water partition coefficient (Wildman–Crippen LogP) is 3.94. The summed E-state index contributed by atoms with van der Waals surface area (Å²) in [6.07, 6.45) is 2.16. The highest BCUT2D eigenvalue weighted by Gasteiger charge is 2.25. The molecule has 1 unspecified atom stereocenters. The van der Waals surface area contributed by atoms with Crippen molar-refractivity contribution < 1.29 is 0 Å². The summed E-state index contributed by atoms with van der Waals surface area (Å²) in [4.78, 5) is 2.51. The standard InChI is InChI=1S/C18H21BrN2/c19-17-7-6-15(8-10-20)18(12-17)21-11-9-16(13-21)14-4-2-1-3-5-14/h1-7,12,16H,8-11,13,20H2. The van der Waals surface area contributed by atoms with Crippen LogP contribution < -0.4 is 10.6 Å². The van der Waals surface area contributed by atoms with Gasteiger partial charge in [-0.25, -0.2) is 0 Å². The van der Waals surface area contributed by atoms with E-state index in [0.29, 0.717) is 12.5 Å². The van der Waals surface area contributed by atoms with E-state index in [1.54, 1.807) is 0 Å². The normalized spacial score (nSPS) is 18.2. The van der Waals surface area contributed by atoms with Crippen molar-refractivity contribution in [3.05, 3.63) is 64.1 Å². The number of anilines is 1. The van der Waals surface area contributed by atoms with Crippen LogP contribution in [-0.2, 0) is 6.42 Å². The third kappa shape index (κ3) is 3.30. The highest BCUT2D eigenvalue weighted by atomic mass is 79.9. The molecule has 21 heavy (non-hydrogen) atoms. The van der Waals surface area contributed by atoms with E-state index in [0.717, 1.165) is 24.0 Å². The topological polar surface area (TPSA) is 29.3 Å². The van der Waals surface area contributed by atoms with Crippen molar-refractivity contribution in [3.8, 4) is 0 Å². The molecule has 3 heteroatoms. The number of benzene rings is 2. The van der Waals surface area contributed by atoms with E-state index < -0.39 is 0 Å². The monoisotopic (exact) mass is 344 g/mol. The zero-order valence-electron chi connectivity index (χ0n) is 12.1. The molecule has 0 radical (unpaired) electrons. The molecule has 0 spiro atoms. The summed E-state index contributed by atoms with van der Waals surface area (Å²) in [6.45, 7) is 2.91. The molecule has 1 heterocycles. The summed E-state index contributed by atoms with van der Waals surface area (Å²) in [5.41, 5.74) is 9.91. The Morgan fingerprint density at radius 2 is 1.95 bits per heavy atom. The lowest BCUT2D eigenvalue weighted by Gasteiger charge is -2.22. The molecule has 0 saturated carbocycles. The summed E-state index contributed by atoms with van der Waals surface area (Å²) >= 11 is 3.60. The van der Waals surface area contributed by atoms with Crippen LogP contribution in [0.1, 0.15) is 23.5 Å². The Morgan fingerprint density at radius 3 is 2.71 bits per heavy atom. The molecule has 1 fully saturated rings. The molecule has 0 aromatic heterocycles. The molecular weight excluding hydrogens is 324 g/mol. The second-order valence-electron chi connectivity index (χ2n) is 5.65. The number of hydrogen-bond donors (Lipinski definition) is 1. The van der Waals surface area contributed by atoms with E-state index in [2.05, 4.69) is 69.4 Å². The Kier molecular flexibility index (Phi) is 4.61. The van der Waals surface area contributed by atoms with Gasteiger partial charge in [-0.05, 0) is 42.6 Å². The summed E-state index contributed by atoms with van der Waals surface area (Å²) < 4.78 is 1.14. The summed E-state index contributed by atoms with van der Waals surface area (Å²) in [6, 6.07) is 17.4. The van der Waals surface area contributed by atoms with Crippen LogP contribution in [0.2, 0.25) is 0 Å². The smallest absolute Gasteiger partial charge is 0.0410 e. The second-order valence-corrected chi connectivity index (χ2v) is 6.57.